The summed E-state index contributed by atoms with van der Waals surface area (Å²) < 4.78 is 48.2. The summed E-state index contributed by atoms with van der Waals surface area (Å²) in [7, 11) is -0.871. The highest BCUT2D eigenvalue weighted by Gasteiger charge is 2.57. The molecule has 0 unspecified atom stereocenters. The lowest BCUT2D eigenvalue weighted by Gasteiger charge is -2.42. The fourth-order valence-electron chi connectivity index (χ4n) is 2.88. The number of benzene rings is 2. The van der Waals surface area contributed by atoms with Crippen LogP contribution in [-0.4, -0.2) is 43.4 Å². The molecule has 0 saturated carbocycles. The molecule has 1 aliphatic rings. The van der Waals surface area contributed by atoms with Crippen molar-refractivity contribution in [2.45, 2.75) is 19.3 Å². The molecule has 2 atom stereocenters. The molecule has 2 aromatic carbocycles. The number of halogens is 1. The van der Waals surface area contributed by atoms with E-state index in [-0.39, 0.29) is 12.3 Å². The van der Waals surface area contributed by atoms with Crippen molar-refractivity contribution < 1.29 is 42.9 Å². The molecule has 0 bridgehead atoms. The quantitative estimate of drug-likeness (QED) is 0.535. The Morgan fingerprint density at radius 1 is 0.929 bits per heavy atom. The van der Waals surface area contributed by atoms with Crippen molar-refractivity contribution in [3.8, 4) is 5.75 Å². The van der Waals surface area contributed by atoms with Crippen molar-refractivity contribution in [2.24, 2.45) is 0 Å². The predicted octanol–water partition coefficient (Wildman–Crippen LogP) is -1.77. The molecule has 28 heavy (non-hydrogen) atoms. The zero-order valence-electron chi connectivity index (χ0n) is 15.9. The summed E-state index contributed by atoms with van der Waals surface area (Å²) >= 11 is 0. The topological polar surface area (TPSA) is 117 Å². The third-order valence-electron chi connectivity index (χ3n) is 3.85. The maximum absolute atomic E-state index is 8.49. The second-order valence-corrected chi connectivity index (χ2v) is 6.79. The van der Waals surface area contributed by atoms with Gasteiger partial charge in [-0.15, -0.1) is 10.2 Å². The first kappa shape index (κ1) is 22.1. The summed E-state index contributed by atoms with van der Waals surface area (Å²) in [4.78, 5) is 2.19. The van der Waals surface area contributed by atoms with Crippen LogP contribution >= 0.6 is 0 Å². The number of anilines is 1. The molecule has 2 aromatic rings. The lowest BCUT2D eigenvalue weighted by atomic mass is 10.0. The Hall–Kier alpha value is -2.20. The van der Waals surface area contributed by atoms with Crippen molar-refractivity contribution in [1.82, 2.24) is 0 Å². The Bertz CT molecular complexity index is 757. The van der Waals surface area contributed by atoms with Crippen LogP contribution in [0.25, 0.3) is 0 Å². The summed E-state index contributed by atoms with van der Waals surface area (Å²) in [6, 6.07) is 20.2. The van der Waals surface area contributed by atoms with Gasteiger partial charge in [0.15, 0.2) is 0 Å². The van der Waals surface area contributed by atoms with Gasteiger partial charge in [0, 0.05) is 6.61 Å². The molecule has 0 aromatic heterocycles. The normalized spacial score (nSPS) is 18.7. The minimum Gasteiger partial charge on any atom is -0.470 e. The van der Waals surface area contributed by atoms with Crippen molar-refractivity contribution in [3.63, 3.8) is 0 Å². The van der Waals surface area contributed by atoms with Gasteiger partial charge < -0.3 is 9.47 Å². The van der Waals surface area contributed by atoms with E-state index in [1.807, 2.05) is 69.6 Å². The van der Waals surface area contributed by atoms with Gasteiger partial charge in [-0.1, -0.05) is 36.4 Å². The third-order valence-corrected chi connectivity index (χ3v) is 3.85. The van der Waals surface area contributed by atoms with Gasteiger partial charge in [0.25, 0.3) is 12.3 Å². The molecule has 0 N–H and O–H groups in total. The van der Waals surface area contributed by atoms with E-state index in [9.17, 15) is 0 Å². The molecule has 0 radical (unpaired) electrons. The highest BCUT2D eigenvalue weighted by molar-refractivity contribution is 6.05. The first-order valence-corrected chi connectivity index (χ1v) is 9.79. The van der Waals surface area contributed by atoms with Gasteiger partial charge in [-0.25, -0.2) is 18.6 Å². The van der Waals surface area contributed by atoms with Crippen LogP contribution in [0.4, 0.5) is 5.69 Å². The van der Waals surface area contributed by atoms with E-state index in [1.165, 1.54) is 0 Å². The summed E-state index contributed by atoms with van der Waals surface area (Å²) in [5.74, 6) is 1.95. The first-order chi connectivity index (χ1) is 13.2. The summed E-state index contributed by atoms with van der Waals surface area (Å²) in [5.41, 5.74) is 1.11. The van der Waals surface area contributed by atoms with Gasteiger partial charge in [0.05, 0.1) is 14.1 Å². The molecule has 1 heterocycles. The van der Waals surface area contributed by atoms with Gasteiger partial charge in [-0.05, 0) is 31.2 Å². The molecular formula is C19H23ClN2O6. The van der Waals surface area contributed by atoms with Crippen LogP contribution in [0.1, 0.15) is 6.92 Å². The molecule has 0 spiro atoms. The molecule has 8 nitrogen and oxygen atoms in total. The second-order valence-electron chi connectivity index (χ2n) is 6.03. The lowest BCUT2D eigenvalue weighted by Crippen LogP contribution is -2.70. The fraction of sp³-hybridized carbons (Fsp3) is 0.316. The van der Waals surface area contributed by atoms with Gasteiger partial charge in [0.1, 0.15) is 11.4 Å². The van der Waals surface area contributed by atoms with E-state index < -0.39 is 10.2 Å². The van der Waals surface area contributed by atoms with Crippen LogP contribution in [0, 0.1) is 10.2 Å². The minimum atomic E-state index is -4.94. The molecule has 9 heteroatoms. The van der Waals surface area contributed by atoms with E-state index in [0.29, 0.717) is 6.61 Å². The molecule has 1 saturated heterocycles. The van der Waals surface area contributed by atoms with Crippen LogP contribution in [0.15, 0.2) is 60.7 Å². The van der Waals surface area contributed by atoms with Crippen LogP contribution in [0.3, 0.4) is 0 Å². The van der Waals surface area contributed by atoms with Gasteiger partial charge in [-0.2, -0.15) is 4.90 Å². The van der Waals surface area contributed by atoms with E-state index in [4.69, 9.17) is 28.1 Å². The lowest BCUT2D eigenvalue weighted by molar-refractivity contribution is -2.00. The third kappa shape index (κ3) is 6.16. The monoisotopic (exact) mass is 410 g/mol. The largest absolute Gasteiger partial charge is 0.470 e. The summed E-state index contributed by atoms with van der Waals surface area (Å²) in [5, 5.41) is 0. The number of rotatable bonds is 5. The van der Waals surface area contributed by atoms with Gasteiger partial charge in [0.2, 0.25) is 0 Å². The number of hydrogen-bond donors (Lipinski definition) is 0. The maximum atomic E-state index is 8.49. The fourth-order valence-corrected chi connectivity index (χ4v) is 2.88. The van der Waals surface area contributed by atoms with Crippen LogP contribution in [0.2, 0.25) is 0 Å². The number of hydrogen-bond acceptors (Lipinski definition) is 6. The molecule has 1 fully saturated rings. The number of amidine groups is 1. The summed E-state index contributed by atoms with van der Waals surface area (Å²) in [6.45, 7) is 2.65. The SMILES string of the molecule is CCO[C@@H]1[C@H](Oc2ccccc2)C(=[N+](C)C)N1c1ccccc1.[O-][Cl+3]([O-])([O-])[O-]. The molecule has 152 valence electrons. The Morgan fingerprint density at radius 2 is 1.43 bits per heavy atom. The molecule has 1 aliphatic heterocycles. The predicted molar refractivity (Wildman–Crippen MR) is 92.3 cm³/mol. The molecule has 0 amide bonds. The average Bonchev–Trinajstić information content (AvgIpc) is 2.62. The zero-order valence-corrected chi connectivity index (χ0v) is 16.6. The average molecular weight is 411 g/mol. The Morgan fingerprint density at radius 3 is 1.89 bits per heavy atom. The smallest absolute Gasteiger partial charge is 0.303 e. The number of nitrogens with zero attached hydrogens (tertiary/aromatic N) is 2. The van der Waals surface area contributed by atoms with Gasteiger partial charge in [-0.3, -0.25) is 4.58 Å². The highest BCUT2D eigenvalue weighted by atomic mass is 35.7. The van der Waals surface area contributed by atoms with Crippen molar-refractivity contribution >= 4 is 11.5 Å². The Kier molecular flexibility index (Phi) is 7.76. The Labute approximate surface area is 166 Å². The highest BCUT2D eigenvalue weighted by Crippen LogP contribution is 2.32. The zero-order chi connectivity index (χ0) is 20.7. The van der Waals surface area contributed by atoms with Crippen LogP contribution in [-0.2, 0) is 4.74 Å². The van der Waals surface area contributed by atoms with Crippen molar-refractivity contribution in [1.29, 1.82) is 0 Å². The maximum Gasteiger partial charge on any atom is 0.303 e. The van der Waals surface area contributed by atoms with Gasteiger partial charge >= 0.3 is 5.84 Å². The molecule has 0 aliphatic carbocycles. The number of para-hydroxylation sites is 2. The van der Waals surface area contributed by atoms with E-state index in [0.717, 1.165) is 17.3 Å². The molecule has 3 rings (SSSR count). The van der Waals surface area contributed by atoms with Crippen molar-refractivity contribution in [2.75, 3.05) is 25.6 Å². The van der Waals surface area contributed by atoms with E-state index >= 15 is 0 Å². The van der Waals surface area contributed by atoms with Crippen LogP contribution in [0.5, 0.6) is 5.75 Å². The first-order valence-electron chi connectivity index (χ1n) is 8.56. The number of ether oxygens (including phenoxy) is 2. The van der Waals surface area contributed by atoms with Crippen molar-refractivity contribution in [3.05, 3.63) is 60.7 Å². The minimum absolute atomic E-state index is 0.118. The second kappa shape index (κ2) is 9.83. The summed E-state index contributed by atoms with van der Waals surface area (Å²) in [6.07, 6.45) is -0.243. The standard InChI is InChI=1S/C19H23N2O2.ClHO4/c1-4-22-19-17(23-16-13-9-6-10-14-16)18(20(2)3)21(19)15-11-7-5-8-12-15;2-1(3,4)5/h5-14,17,19H,4H2,1-3H3;(H,2,3,4,5)/q+1;/p-1/t17-,19-;/m1./s1. The van der Waals surface area contributed by atoms with Crippen LogP contribution < -0.4 is 28.3 Å². The molecular weight excluding hydrogens is 388 g/mol. The van der Waals surface area contributed by atoms with E-state index in [1.54, 1.807) is 0 Å². The Balaban J connectivity index is 0.000000500. The van der Waals surface area contributed by atoms with E-state index in [2.05, 4.69) is 21.6 Å².